The van der Waals surface area contributed by atoms with E-state index in [1.807, 2.05) is 49.6 Å². The standard InChI is InChI=1S/C31H37ClN8O/c1-38(18-4-5-24-7-11-26(32)12-8-24)30-35-29(34-17-15-25-9-13-28(41)14-10-25)36-31(37-30)40-21-19-39(20-22-40)23-27-6-2-3-16-33-27/h2-3,6-14,16,41H,4-5,15,17-23H2,1H3,(H,34,35,36,37). The molecule has 4 aromatic rings. The normalized spacial score (nSPS) is 13.8. The molecule has 1 fully saturated rings. The summed E-state index contributed by atoms with van der Waals surface area (Å²) in [5.74, 6) is 2.20. The molecule has 0 radical (unpaired) electrons. The van der Waals surface area contributed by atoms with Crippen LogP contribution in [-0.2, 0) is 19.4 Å². The minimum absolute atomic E-state index is 0.271. The number of hydrogen-bond acceptors (Lipinski definition) is 9. The van der Waals surface area contributed by atoms with E-state index in [-0.39, 0.29) is 5.75 Å². The zero-order valence-corrected chi connectivity index (χ0v) is 24.2. The number of aromatic hydroxyl groups is 1. The summed E-state index contributed by atoms with van der Waals surface area (Å²) in [7, 11) is 2.03. The average Bonchev–Trinajstić information content (AvgIpc) is 3.00. The third-order valence-corrected chi connectivity index (χ3v) is 7.48. The fourth-order valence-corrected chi connectivity index (χ4v) is 4.95. The average molecular weight is 573 g/mol. The lowest BCUT2D eigenvalue weighted by Gasteiger charge is -2.34. The molecule has 10 heteroatoms. The van der Waals surface area contributed by atoms with E-state index in [2.05, 4.69) is 43.2 Å². The van der Waals surface area contributed by atoms with Gasteiger partial charge in [-0.15, -0.1) is 0 Å². The smallest absolute Gasteiger partial charge is 0.232 e. The first-order valence-electron chi connectivity index (χ1n) is 14.1. The number of aromatic nitrogens is 4. The maximum atomic E-state index is 9.56. The summed E-state index contributed by atoms with van der Waals surface area (Å²) in [6.07, 6.45) is 4.56. The Morgan fingerprint density at radius 3 is 2.34 bits per heavy atom. The van der Waals surface area contributed by atoms with Crippen molar-refractivity contribution in [3.8, 4) is 5.75 Å². The molecule has 0 unspecified atom stereocenters. The van der Waals surface area contributed by atoms with Crippen molar-refractivity contribution >= 4 is 29.4 Å². The van der Waals surface area contributed by atoms with Gasteiger partial charge in [0, 0.05) is 64.1 Å². The summed E-state index contributed by atoms with van der Waals surface area (Å²) in [5.41, 5.74) is 3.48. The molecule has 2 N–H and O–H groups in total. The highest BCUT2D eigenvalue weighted by Gasteiger charge is 2.21. The number of nitrogens with zero attached hydrogens (tertiary/aromatic N) is 7. The highest BCUT2D eigenvalue weighted by Crippen LogP contribution is 2.19. The third kappa shape index (κ3) is 8.52. The molecule has 1 aliphatic rings. The van der Waals surface area contributed by atoms with Gasteiger partial charge in [-0.25, -0.2) is 0 Å². The van der Waals surface area contributed by atoms with Gasteiger partial charge in [0.1, 0.15) is 5.75 Å². The lowest BCUT2D eigenvalue weighted by atomic mass is 10.1. The van der Waals surface area contributed by atoms with E-state index in [0.29, 0.717) is 24.4 Å². The molecule has 5 rings (SSSR count). The molecular formula is C31H37ClN8O. The van der Waals surface area contributed by atoms with Gasteiger partial charge in [0.05, 0.1) is 5.69 Å². The van der Waals surface area contributed by atoms with Crippen molar-refractivity contribution in [1.82, 2.24) is 24.8 Å². The molecule has 0 aliphatic carbocycles. The quantitative estimate of drug-likeness (QED) is 0.251. The number of aryl methyl sites for hydroxylation is 1. The van der Waals surface area contributed by atoms with E-state index in [4.69, 9.17) is 26.6 Å². The van der Waals surface area contributed by atoms with Crippen LogP contribution in [0.3, 0.4) is 0 Å². The van der Waals surface area contributed by atoms with E-state index in [0.717, 1.165) is 74.8 Å². The van der Waals surface area contributed by atoms with Gasteiger partial charge < -0.3 is 20.2 Å². The number of piperazine rings is 1. The Labute approximate surface area is 246 Å². The van der Waals surface area contributed by atoms with E-state index >= 15 is 0 Å². The summed E-state index contributed by atoms with van der Waals surface area (Å²) >= 11 is 6.04. The Morgan fingerprint density at radius 2 is 1.61 bits per heavy atom. The fourth-order valence-electron chi connectivity index (χ4n) is 4.82. The number of anilines is 3. The lowest BCUT2D eigenvalue weighted by molar-refractivity contribution is 0.246. The van der Waals surface area contributed by atoms with E-state index in [1.54, 1.807) is 12.1 Å². The highest BCUT2D eigenvalue weighted by molar-refractivity contribution is 6.30. The number of halogens is 1. The number of nitrogens with one attached hydrogen (secondary N) is 1. The van der Waals surface area contributed by atoms with Crippen LogP contribution in [0.5, 0.6) is 5.75 Å². The van der Waals surface area contributed by atoms with E-state index in [9.17, 15) is 5.11 Å². The zero-order chi connectivity index (χ0) is 28.4. The van der Waals surface area contributed by atoms with Crippen molar-refractivity contribution in [2.75, 3.05) is 61.4 Å². The topological polar surface area (TPSA) is 93.5 Å². The van der Waals surface area contributed by atoms with Crippen molar-refractivity contribution in [3.63, 3.8) is 0 Å². The Hall–Kier alpha value is -3.95. The van der Waals surface area contributed by atoms with Crippen molar-refractivity contribution in [2.24, 2.45) is 0 Å². The van der Waals surface area contributed by atoms with E-state index in [1.165, 1.54) is 5.56 Å². The number of phenols is 1. The van der Waals surface area contributed by atoms with Gasteiger partial charge in [-0.2, -0.15) is 15.0 Å². The van der Waals surface area contributed by atoms with Crippen LogP contribution < -0.4 is 15.1 Å². The monoisotopic (exact) mass is 572 g/mol. The minimum Gasteiger partial charge on any atom is -0.508 e. The molecule has 3 heterocycles. The predicted octanol–water partition coefficient (Wildman–Crippen LogP) is 4.67. The Bertz CT molecular complexity index is 1360. The summed E-state index contributed by atoms with van der Waals surface area (Å²) in [4.78, 5) is 25.7. The number of rotatable bonds is 12. The van der Waals surface area contributed by atoms with Crippen LogP contribution in [0, 0.1) is 0 Å². The first kappa shape index (κ1) is 28.6. The summed E-state index contributed by atoms with van der Waals surface area (Å²) in [6.45, 7) is 5.84. The van der Waals surface area contributed by atoms with Gasteiger partial charge in [0.25, 0.3) is 0 Å². The van der Waals surface area contributed by atoms with Gasteiger partial charge in [0.15, 0.2) is 0 Å². The molecule has 214 valence electrons. The van der Waals surface area contributed by atoms with Crippen LogP contribution in [0.15, 0.2) is 72.9 Å². The van der Waals surface area contributed by atoms with Crippen LogP contribution >= 0.6 is 11.6 Å². The van der Waals surface area contributed by atoms with Crippen LogP contribution in [0.2, 0.25) is 5.02 Å². The molecule has 0 atom stereocenters. The van der Waals surface area contributed by atoms with Crippen LogP contribution in [0.25, 0.3) is 0 Å². The van der Waals surface area contributed by atoms with Gasteiger partial charge >= 0.3 is 0 Å². The van der Waals surface area contributed by atoms with Gasteiger partial charge in [-0.3, -0.25) is 9.88 Å². The number of benzene rings is 2. The van der Waals surface area contributed by atoms with Crippen molar-refractivity contribution < 1.29 is 5.11 Å². The SMILES string of the molecule is CN(CCCc1ccc(Cl)cc1)c1nc(NCCc2ccc(O)cc2)nc(N2CCN(Cc3ccccn3)CC2)n1. The first-order valence-corrected chi connectivity index (χ1v) is 14.5. The van der Waals surface area contributed by atoms with E-state index < -0.39 is 0 Å². The molecule has 2 aromatic heterocycles. The number of pyridine rings is 1. The summed E-state index contributed by atoms with van der Waals surface area (Å²) in [6, 6.07) is 21.4. The highest BCUT2D eigenvalue weighted by atomic mass is 35.5. The second kappa shape index (κ2) is 14.1. The van der Waals surface area contributed by atoms with Crippen molar-refractivity contribution in [2.45, 2.75) is 25.8 Å². The fraction of sp³-hybridized carbons (Fsp3) is 0.355. The van der Waals surface area contributed by atoms with Gasteiger partial charge in [-0.1, -0.05) is 41.9 Å². The molecule has 0 saturated carbocycles. The lowest BCUT2D eigenvalue weighted by Crippen LogP contribution is -2.46. The molecule has 0 spiro atoms. The molecule has 1 aliphatic heterocycles. The maximum absolute atomic E-state index is 9.56. The summed E-state index contributed by atoms with van der Waals surface area (Å²) in [5, 5.41) is 13.7. The Kier molecular flexibility index (Phi) is 9.82. The van der Waals surface area contributed by atoms with Crippen LogP contribution in [0.4, 0.5) is 17.8 Å². The predicted molar refractivity (Wildman–Crippen MR) is 165 cm³/mol. The Balaban J connectivity index is 1.24. The molecule has 0 amide bonds. The van der Waals surface area contributed by atoms with Crippen LogP contribution in [-0.4, -0.2) is 76.3 Å². The minimum atomic E-state index is 0.271. The maximum Gasteiger partial charge on any atom is 0.232 e. The van der Waals surface area contributed by atoms with Crippen molar-refractivity contribution in [1.29, 1.82) is 0 Å². The Morgan fingerprint density at radius 1 is 0.878 bits per heavy atom. The second-order valence-electron chi connectivity index (χ2n) is 10.3. The van der Waals surface area contributed by atoms with Gasteiger partial charge in [-0.05, 0) is 66.8 Å². The van der Waals surface area contributed by atoms with Crippen molar-refractivity contribution in [3.05, 3.63) is 94.8 Å². The van der Waals surface area contributed by atoms with Gasteiger partial charge in [0.2, 0.25) is 17.8 Å². The first-order chi connectivity index (χ1) is 20.0. The molecule has 41 heavy (non-hydrogen) atoms. The second-order valence-corrected chi connectivity index (χ2v) is 10.8. The zero-order valence-electron chi connectivity index (χ0n) is 23.5. The van der Waals surface area contributed by atoms with Crippen LogP contribution in [0.1, 0.15) is 23.2 Å². The molecule has 1 saturated heterocycles. The molecule has 0 bridgehead atoms. The molecule has 2 aromatic carbocycles. The molecular weight excluding hydrogens is 536 g/mol. The molecule has 9 nitrogen and oxygen atoms in total. The number of phenolic OH excluding ortho intramolecular Hbond substituents is 1. The largest absolute Gasteiger partial charge is 0.508 e. The third-order valence-electron chi connectivity index (χ3n) is 7.23. The number of hydrogen-bond donors (Lipinski definition) is 2. The summed E-state index contributed by atoms with van der Waals surface area (Å²) < 4.78 is 0.